The molecule has 0 saturated carbocycles. The Morgan fingerprint density at radius 1 is 1.35 bits per heavy atom. The lowest BCUT2D eigenvalue weighted by Crippen LogP contribution is -2.47. The summed E-state index contributed by atoms with van der Waals surface area (Å²) in [4.78, 5) is 0. The van der Waals surface area contributed by atoms with Crippen molar-refractivity contribution in [3.63, 3.8) is 0 Å². The van der Waals surface area contributed by atoms with E-state index in [-0.39, 0.29) is 6.10 Å². The summed E-state index contributed by atoms with van der Waals surface area (Å²) in [5.74, 6) is 0.461. The van der Waals surface area contributed by atoms with Crippen molar-refractivity contribution in [2.45, 2.75) is 38.7 Å². The Bertz CT molecular complexity index is 339. The fourth-order valence-electron chi connectivity index (χ4n) is 2.46. The number of piperidine rings is 1. The molecule has 1 N–H and O–H groups in total. The van der Waals surface area contributed by atoms with Gasteiger partial charge < -0.3 is 4.74 Å². The van der Waals surface area contributed by atoms with Crippen molar-refractivity contribution in [2.24, 2.45) is 5.92 Å². The molecule has 0 aliphatic carbocycles. The molecule has 6 heteroatoms. The summed E-state index contributed by atoms with van der Waals surface area (Å²) >= 11 is 0. The number of rotatable bonds is 4. The van der Waals surface area contributed by atoms with Gasteiger partial charge in [0.1, 0.15) is 0 Å². The molecule has 17 heavy (non-hydrogen) atoms. The number of hydrogen-bond acceptors (Lipinski definition) is 3. The van der Waals surface area contributed by atoms with Crippen LogP contribution in [0.25, 0.3) is 0 Å². The Morgan fingerprint density at radius 2 is 2.18 bits per heavy atom. The summed E-state index contributed by atoms with van der Waals surface area (Å²) in [5.41, 5.74) is 0. The number of hydrogen-bond donors (Lipinski definition) is 1. The maximum absolute atomic E-state index is 12.0. The quantitative estimate of drug-likeness (QED) is 0.812. The first kappa shape index (κ1) is 13.3. The standard InChI is InChI=1S/C11H22N2O3S/c1-10-4-2-6-13(9-10)17(14,15)12-8-11-5-3-7-16-11/h10-12H,2-9H2,1H3. The normalized spacial score (nSPS) is 31.8. The molecule has 0 amide bonds. The summed E-state index contributed by atoms with van der Waals surface area (Å²) in [6.07, 6.45) is 4.14. The van der Waals surface area contributed by atoms with Crippen LogP contribution in [0.1, 0.15) is 32.6 Å². The molecular formula is C11H22N2O3S. The molecule has 2 aliphatic heterocycles. The highest BCUT2D eigenvalue weighted by molar-refractivity contribution is 7.87. The lowest BCUT2D eigenvalue weighted by Gasteiger charge is -2.30. The van der Waals surface area contributed by atoms with E-state index in [0.717, 1.165) is 32.3 Å². The minimum Gasteiger partial charge on any atom is -0.377 e. The molecule has 0 bridgehead atoms. The Morgan fingerprint density at radius 3 is 2.82 bits per heavy atom. The van der Waals surface area contributed by atoms with Crippen LogP contribution in [-0.2, 0) is 14.9 Å². The molecular weight excluding hydrogens is 240 g/mol. The Hall–Kier alpha value is -0.170. The molecule has 2 rings (SSSR count). The van der Waals surface area contributed by atoms with Crippen LogP contribution in [-0.4, -0.2) is 45.1 Å². The molecule has 0 aromatic heterocycles. The van der Waals surface area contributed by atoms with E-state index in [9.17, 15) is 8.42 Å². The van der Waals surface area contributed by atoms with Gasteiger partial charge in [0.05, 0.1) is 6.10 Å². The van der Waals surface area contributed by atoms with Crippen molar-refractivity contribution in [1.29, 1.82) is 0 Å². The van der Waals surface area contributed by atoms with Gasteiger partial charge >= 0.3 is 0 Å². The fourth-order valence-corrected chi connectivity index (χ4v) is 3.86. The molecule has 2 unspecified atom stereocenters. The van der Waals surface area contributed by atoms with E-state index in [1.807, 2.05) is 0 Å². The van der Waals surface area contributed by atoms with Crippen LogP contribution in [0.5, 0.6) is 0 Å². The number of ether oxygens (including phenoxy) is 1. The average Bonchev–Trinajstić information content (AvgIpc) is 2.79. The minimum atomic E-state index is -3.30. The minimum absolute atomic E-state index is 0.0620. The van der Waals surface area contributed by atoms with Crippen LogP contribution < -0.4 is 4.72 Å². The Kier molecular flexibility index (Phi) is 4.41. The van der Waals surface area contributed by atoms with Gasteiger partial charge in [-0.1, -0.05) is 6.92 Å². The molecule has 2 aliphatic rings. The van der Waals surface area contributed by atoms with Gasteiger partial charge in [-0.2, -0.15) is 17.4 Å². The molecule has 0 radical (unpaired) electrons. The molecule has 2 atom stereocenters. The van der Waals surface area contributed by atoms with Gasteiger partial charge in [0, 0.05) is 26.2 Å². The van der Waals surface area contributed by atoms with Crippen LogP contribution >= 0.6 is 0 Å². The second-order valence-corrected chi connectivity index (χ2v) is 6.85. The van der Waals surface area contributed by atoms with Gasteiger partial charge in [0.25, 0.3) is 10.2 Å². The smallest absolute Gasteiger partial charge is 0.279 e. The third kappa shape index (κ3) is 3.64. The summed E-state index contributed by atoms with van der Waals surface area (Å²) in [7, 11) is -3.30. The van der Waals surface area contributed by atoms with Crippen LogP contribution in [0.3, 0.4) is 0 Å². The summed E-state index contributed by atoms with van der Waals surface area (Å²) < 4.78 is 33.7. The number of nitrogens with zero attached hydrogens (tertiary/aromatic N) is 1. The van der Waals surface area contributed by atoms with Crippen LogP contribution in [0.15, 0.2) is 0 Å². The van der Waals surface area contributed by atoms with E-state index < -0.39 is 10.2 Å². The van der Waals surface area contributed by atoms with Gasteiger partial charge in [0.15, 0.2) is 0 Å². The zero-order valence-electron chi connectivity index (χ0n) is 10.4. The average molecular weight is 262 g/mol. The van der Waals surface area contributed by atoms with Crippen LogP contribution in [0, 0.1) is 5.92 Å². The Labute approximate surface area is 104 Å². The monoisotopic (exact) mass is 262 g/mol. The third-order valence-electron chi connectivity index (χ3n) is 3.48. The summed E-state index contributed by atoms with van der Waals surface area (Å²) in [6, 6.07) is 0. The SMILES string of the molecule is CC1CCCN(S(=O)(=O)NCC2CCCO2)C1. The van der Waals surface area contributed by atoms with E-state index in [1.165, 1.54) is 0 Å². The maximum atomic E-state index is 12.0. The molecule has 5 nitrogen and oxygen atoms in total. The molecule has 100 valence electrons. The van der Waals surface area contributed by atoms with E-state index in [4.69, 9.17) is 4.74 Å². The third-order valence-corrected chi connectivity index (χ3v) is 5.02. The topological polar surface area (TPSA) is 58.6 Å². The first-order valence-corrected chi connectivity index (χ1v) is 7.88. The van der Waals surface area contributed by atoms with E-state index in [0.29, 0.717) is 25.6 Å². The molecule has 0 aromatic carbocycles. The van der Waals surface area contributed by atoms with Crippen molar-refractivity contribution in [1.82, 2.24) is 9.03 Å². The first-order valence-electron chi connectivity index (χ1n) is 6.44. The highest BCUT2D eigenvalue weighted by Gasteiger charge is 2.28. The van der Waals surface area contributed by atoms with Crippen molar-refractivity contribution < 1.29 is 13.2 Å². The van der Waals surface area contributed by atoms with Crippen LogP contribution in [0.4, 0.5) is 0 Å². The van der Waals surface area contributed by atoms with Gasteiger partial charge in [-0.15, -0.1) is 0 Å². The highest BCUT2D eigenvalue weighted by atomic mass is 32.2. The first-order chi connectivity index (χ1) is 8.08. The maximum Gasteiger partial charge on any atom is 0.279 e. The second-order valence-electron chi connectivity index (χ2n) is 5.09. The lowest BCUT2D eigenvalue weighted by atomic mass is 10.0. The molecule has 2 saturated heterocycles. The van der Waals surface area contributed by atoms with Gasteiger partial charge in [0.2, 0.25) is 0 Å². The molecule has 0 spiro atoms. The molecule has 2 heterocycles. The van der Waals surface area contributed by atoms with Crippen LogP contribution in [0.2, 0.25) is 0 Å². The van der Waals surface area contributed by atoms with E-state index >= 15 is 0 Å². The molecule has 0 aromatic rings. The van der Waals surface area contributed by atoms with Crippen molar-refractivity contribution in [3.05, 3.63) is 0 Å². The Balaban J connectivity index is 1.84. The van der Waals surface area contributed by atoms with E-state index in [2.05, 4.69) is 11.6 Å². The van der Waals surface area contributed by atoms with Crippen molar-refractivity contribution in [3.8, 4) is 0 Å². The van der Waals surface area contributed by atoms with Crippen molar-refractivity contribution >= 4 is 10.2 Å². The lowest BCUT2D eigenvalue weighted by molar-refractivity contribution is 0.114. The fraction of sp³-hybridized carbons (Fsp3) is 1.00. The summed E-state index contributed by atoms with van der Waals surface area (Å²) in [6.45, 7) is 4.55. The highest BCUT2D eigenvalue weighted by Crippen LogP contribution is 2.18. The zero-order chi connectivity index (χ0) is 12.3. The predicted molar refractivity (Wildman–Crippen MR) is 65.9 cm³/mol. The summed E-state index contributed by atoms with van der Waals surface area (Å²) in [5, 5.41) is 0. The number of nitrogens with one attached hydrogen (secondary N) is 1. The predicted octanol–water partition coefficient (Wildman–Crippen LogP) is 0.732. The van der Waals surface area contributed by atoms with Crippen molar-refractivity contribution in [2.75, 3.05) is 26.2 Å². The zero-order valence-corrected chi connectivity index (χ0v) is 11.2. The van der Waals surface area contributed by atoms with Gasteiger partial charge in [-0.3, -0.25) is 0 Å². The van der Waals surface area contributed by atoms with Gasteiger partial charge in [-0.05, 0) is 31.6 Å². The largest absolute Gasteiger partial charge is 0.377 e. The van der Waals surface area contributed by atoms with E-state index in [1.54, 1.807) is 4.31 Å². The van der Waals surface area contributed by atoms with Gasteiger partial charge in [-0.25, -0.2) is 0 Å². The molecule has 2 fully saturated rings. The second kappa shape index (κ2) is 5.65.